The zero-order chi connectivity index (χ0) is 27.4. The molecule has 42 heavy (non-hydrogen) atoms. The maximum atomic E-state index is 2.49. The van der Waals surface area contributed by atoms with Crippen LogP contribution >= 0.6 is 0 Å². The van der Waals surface area contributed by atoms with Crippen molar-refractivity contribution in [2.24, 2.45) is 0 Å². The predicted molar refractivity (Wildman–Crippen MR) is 176 cm³/mol. The molecule has 0 N–H and O–H groups in total. The van der Waals surface area contributed by atoms with E-state index in [1.165, 1.54) is 93.9 Å². The first-order valence-corrected chi connectivity index (χ1v) is 14.7. The summed E-state index contributed by atoms with van der Waals surface area (Å²) in [4.78, 5) is 0. The first kappa shape index (κ1) is 22.3. The molecule has 8 aromatic rings. The quantitative estimate of drug-likeness (QED) is 0.209. The predicted octanol–water partition coefficient (Wildman–Crippen LogP) is 10.8. The highest BCUT2D eigenvalue weighted by Gasteiger charge is 2.25. The number of hydrogen-bond donors (Lipinski definition) is 0. The van der Waals surface area contributed by atoms with Crippen molar-refractivity contribution < 1.29 is 0 Å². The van der Waals surface area contributed by atoms with Gasteiger partial charge in [0.15, 0.2) is 0 Å². The Morgan fingerprint density at radius 2 is 1.05 bits per heavy atom. The van der Waals surface area contributed by atoms with Gasteiger partial charge in [0.2, 0.25) is 0 Å². The van der Waals surface area contributed by atoms with Crippen molar-refractivity contribution in [3.8, 4) is 50.2 Å². The number of fused-ring (bicyclic) bond motifs is 6. The average Bonchev–Trinajstić information content (AvgIpc) is 3.56. The van der Waals surface area contributed by atoms with Crippen molar-refractivity contribution in [2.45, 2.75) is 6.42 Å². The van der Waals surface area contributed by atoms with Crippen LogP contribution in [0.3, 0.4) is 0 Å². The fourth-order valence-corrected chi connectivity index (χ4v) is 7.85. The Morgan fingerprint density at radius 1 is 0.405 bits per heavy atom. The smallest absolute Gasteiger partial charge is 0.0548 e. The molecule has 0 unspecified atom stereocenters. The van der Waals surface area contributed by atoms with Crippen molar-refractivity contribution in [3.63, 3.8) is 0 Å². The second kappa shape index (κ2) is 8.09. The molecule has 0 atom stereocenters. The number of benzene rings is 7. The van der Waals surface area contributed by atoms with E-state index in [0.717, 1.165) is 6.42 Å². The van der Waals surface area contributed by atoms with Crippen LogP contribution in [0.4, 0.5) is 0 Å². The van der Waals surface area contributed by atoms with Gasteiger partial charge in [-0.3, -0.25) is 0 Å². The minimum Gasteiger partial charge on any atom is -0.309 e. The Hall–Kier alpha value is -5.40. The van der Waals surface area contributed by atoms with Crippen molar-refractivity contribution in [3.05, 3.63) is 151 Å². The van der Waals surface area contributed by atoms with Crippen LogP contribution in [0, 0.1) is 0 Å². The van der Waals surface area contributed by atoms with E-state index in [2.05, 4.69) is 144 Å². The Bertz CT molecular complexity index is 2440. The maximum absolute atomic E-state index is 2.49. The Balaban J connectivity index is 1.29. The van der Waals surface area contributed by atoms with E-state index < -0.39 is 0 Å². The van der Waals surface area contributed by atoms with Crippen LogP contribution < -0.4 is 0 Å². The van der Waals surface area contributed by atoms with E-state index in [-0.39, 0.29) is 0 Å². The minimum absolute atomic E-state index is 1.01. The first-order valence-electron chi connectivity index (χ1n) is 14.7. The summed E-state index contributed by atoms with van der Waals surface area (Å²) in [6, 6.07) is 51.9. The Kier molecular flexibility index (Phi) is 4.29. The van der Waals surface area contributed by atoms with Gasteiger partial charge in [0.25, 0.3) is 0 Å². The fourth-order valence-electron chi connectivity index (χ4n) is 7.85. The van der Waals surface area contributed by atoms with E-state index >= 15 is 0 Å². The van der Waals surface area contributed by atoms with Crippen molar-refractivity contribution >= 4 is 32.6 Å². The van der Waals surface area contributed by atoms with E-state index in [9.17, 15) is 0 Å². The lowest BCUT2D eigenvalue weighted by molar-refractivity contribution is 1.18. The van der Waals surface area contributed by atoms with E-state index in [1.54, 1.807) is 0 Å². The number of hydrogen-bond acceptors (Lipinski definition) is 0. The molecule has 1 nitrogen and oxygen atoms in total. The molecule has 7 aromatic carbocycles. The third-order valence-corrected chi connectivity index (χ3v) is 9.54. The lowest BCUT2D eigenvalue weighted by atomic mass is 9.93. The molecule has 1 heterocycles. The molecule has 2 aliphatic carbocycles. The highest BCUT2D eigenvalue weighted by molar-refractivity contribution is 6.30. The summed E-state index contributed by atoms with van der Waals surface area (Å²) in [6.45, 7) is 0. The molecule has 1 heteroatoms. The summed E-state index contributed by atoms with van der Waals surface area (Å²) in [5, 5.41) is 5.34. The van der Waals surface area contributed by atoms with Gasteiger partial charge in [0.05, 0.1) is 11.0 Å². The summed E-state index contributed by atoms with van der Waals surface area (Å²) in [5.74, 6) is 0. The highest BCUT2D eigenvalue weighted by Crippen LogP contribution is 2.50. The third-order valence-electron chi connectivity index (χ3n) is 9.54. The van der Waals surface area contributed by atoms with Gasteiger partial charge < -0.3 is 4.57 Å². The molecule has 0 fully saturated rings. The normalized spacial score (nSPS) is 12.7. The zero-order valence-electron chi connectivity index (χ0n) is 22.9. The van der Waals surface area contributed by atoms with Crippen LogP contribution in [0.25, 0.3) is 82.8 Å². The summed E-state index contributed by atoms with van der Waals surface area (Å²) < 4.78 is 2.49. The summed E-state index contributed by atoms with van der Waals surface area (Å²) in [7, 11) is 0. The van der Waals surface area contributed by atoms with Crippen molar-refractivity contribution in [1.82, 2.24) is 4.57 Å². The van der Waals surface area contributed by atoms with Crippen LogP contribution in [0.15, 0.2) is 140 Å². The van der Waals surface area contributed by atoms with Gasteiger partial charge in [-0.2, -0.15) is 0 Å². The lowest BCUT2D eigenvalue weighted by Gasteiger charge is -2.15. The summed E-state index contributed by atoms with van der Waals surface area (Å²) in [5.41, 5.74) is 17.1. The molecule has 0 aliphatic heterocycles. The first-order chi connectivity index (χ1) is 20.8. The monoisotopic (exact) mass is 531 g/mol. The second-order valence-corrected chi connectivity index (χ2v) is 11.7. The number of nitrogens with zero attached hydrogens (tertiary/aromatic N) is 1. The largest absolute Gasteiger partial charge is 0.309 e. The van der Waals surface area contributed by atoms with E-state index in [1.807, 2.05) is 0 Å². The van der Waals surface area contributed by atoms with E-state index in [0.29, 0.717) is 0 Å². The van der Waals surface area contributed by atoms with Crippen LogP contribution in [0.1, 0.15) is 11.1 Å². The van der Waals surface area contributed by atoms with Crippen LogP contribution in [0.2, 0.25) is 0 Å². The van der Waals surface area contributed by atoms with Crippen LogP contribution in [-0.2, 0) is 6.42 Å². The maximum Gasteiger partial charge on any atom is 0.0548 e. The molecule has 2 aliphatic rings. The molecular weight excluding hydrogens is 506 g/mol. The molecule has 0 radical (unpaired) electrons. The number of aromatic nitrogens is 1. The molecule has 0 amide bonds. The molecule has 0 bridgehead atoms. The second-order valence-electron chi connectivity index (χ2n) is 11.7. The Morgan fingerprint density at radius 3 is 1.93 bits per heavy atom. The Labute approximate surface area is 243 Å². The fraction of sp³-hybridized carbons (Fsp3) is 0.0244. The van der Waals surface area contributed by atoms with Gasteiger partial charge >= 0.3 is 0 Å². The van der Waals surface area contributed by atoms with E-state index in [4.69, 9.17) is 0 Å². The van der Waals surface area contributed by atoms with Crippen molar-refractivity contribution in [2.75, 3.05) is 0 Å². The average molecular weight is 532 g/mol. The van der Waals surface area contributed by atoms with Crippen molar-refractivity contribution in [1.29, 1.82) is 0 Å². The van der Waals surface area contributed by atoms with Gasteiger partial charge in [0.1, 0.15) is 0 Å². The van der Waals surface area contributed by atoms with Crippen LogP contribution in [-0.4, -0.2) is 4.57 Å². The van der Waals surface area contributed by atoms with Crippen LogP contribution in [0.5, 0.6) is 0 Å². The summed E-state index contributed by atoms with van der Waals surface area (Å²) >= 11 is 0. The van der Waals surface area contributed by atoms with Gasteiger partial charge in [-0.15, -0.1) is 0 Å². The van der Waals surface area contributed by atoms with Gasteiger partial charge in [-0.25, -0.2) is 0 Å². The molecule has 0 saturated carbocycles. The number of rotatable bonds is 2. The highest BCUT2D eigenvalue weighted by atomic mass is 15.0. The topological polar surface area (TPSA) is 4.93 Å². The van der Waals surface area contributed by atoms with Gasteiger partial charge in [-0.1, -0.05) is 115 Å². The van der Waals surface area contributed by atoms with Gasteiger partial charge in [-0.05, 0) is 97.1 Å². The van der Waals surface area contributed by atoms with Gasteiger partial charge in [0, 0.05) is 16.5 Å². The SMILES string of the molecule is c1cc(-c2cccc3c2-c2ccccc2C3)cc(-n2c3cccc4c3c3c5c(cccc5ccc32)-c2ccccc2-4)c1. The third kappa shape index (κ3) is 2.82. The zero-order valence-corrected chi connectivity index (χ0v) is 22.9. The standard InChI is InChI=1S/C41H25N/c1-2-14-30-26(9-1)23-28-12-7-17-31(38(28)30)27-11-5-13-29(24-27)42-36-20-8-19-35-33-16-4-3-15-32(33)34-18-6-10-25-21-22-37(42)41(39(25)34)40(35)36/h1-22,24H,23H2. The molecule has 194 valence electrons. The molecule has 0 saturated heterocycles. The molecule has 10 rings (SSSR count). The molecular formula is C41H25N. The lowest BCUT2D eigenvalue weighted by Crippen LogP contribution is -1.96. The molecule has 0 spiro atoms. The minimum atomic E-state index is 1.01. The summed E-state index contributed by atoms with van der Waals surface area (Å²) in [6.07, 6.45) is 1.01. The molecule has 1 aromatic heterocycles.